The van der Waals surface area contributed by atoms with Crippen molar-refractivity contribution in [2.24, 2.45) is 11.8 Å². The van der Waals surface area contributed by atoms with Crippen LogP contribution in [0.3, 0.4) is 0 Å². The van der Waals surface area contributed by atoms with Crippen LogP contribution in [0.4, 0.5) is 8.78 Å². The van der Waals surface area contributed by atoms with Crippen molar-refractivity contribution in [3.8, 4) is 0 Å². The summed E-state index contributed by atoms with van der Waals surface area (Å²) in [4.78, 5) is 0. The second-order valence-electron chi connectivity index (χ2n) is 10.3. The van der Waals surface area contributed by atoms with Gasteiger partial charge in [-0.25, -0.2) is 8.78 Å². The molecule has 0 unspecified atom stereocenters. The zero-order valence-electron chi connectivity index (χ0n) is 19.5. The van der Waals surface area contributed by atoms with E-state index in [-0.39, 0.29) is 12.3 Å². The van der Waals surface area contributed by atoms with Crippen LogP contribution in [0.15, 0.2) is 24.3 Å². The van der Waals surface area contributed by atoms with E-state index in [0.717, 1.165) is 37.2 Å². The van der Waals surface area contributed by atoms with Gasteiger partial charge in [-0.05, 0) is 73.8 Å². The highest BCUT2D eigenvalue weighted by atomic mass is 19.3. The first-order valence-electron chi connectivity index (χ1n) is 13.0. The van der Waals surface area contributed by atoms with Crippen LogP contribution in [0, 0.1) is 11.8 Å². The summed E-state index contributed by atoms with van der Waals surface area (Å²) in [6, 6.07) is 8.84. The highest BCUT2D eigenvalue weighted by Crippen LogP contribution is 2.47. The van der Waals surface area contributed by atoms with Crippen molar-refractivity contribution >= 4 is 0 Å². The fourth-order valence-electron chi connectivity index (χ4n) is 6.00. The molecule has 0 saturated heterocycles. The van der Waals surface area contributed by atoms with Gasteiger partial charge in [0.05, 0.1) is 0 Å². The maximum absolute atomic E-state index is 14.7. The first-order chi connectivity index (χ1) is 14.5. The van der Waals surface area contributed by atoms with E-state index in [9.17, 15) is 8.78 Å². The Bertz CT molecular complexity index is 598. The van der Waals surface area contributed by atoms with Gasteiger partial charge in [-0.2, -0.15) is 0 Å². The summed E-state index contributed by atoms with van der Waals surface area (Å²) in [5.41, 5.74) is 2.57. The summed E-state index contributed by atoms with van der Waals surface area (Å²) in [7, 11) is 0. The SMILES string of the molecule is CCCCC[C@@H]1CC[C@@H](c2ccc([C@H]3CC[C@H](CCCCC)CC3)cc2)CC1(F)F. The lowest BCUT2D eigenvalue weighted by Gasteiger charge is -2.36. The molecule has 0 N–H and O–H groups in total. The fourth-order valence-corrected chi connectivity index (χ4v) is 6.00. The number of unbranched alkanes of at least 4 members (excludes halogenated alkanes) is 4. The minimum atomic E-state index is -2.49. The molecule has 0 heterocycles. The average molecular weight is 419 g/mol. The molecule has 2 atom stereocenters. The molecule has 1 aromatic rings. The number of benzene rings is 1. The van der Waals surface area contributed by atoms with E-state index >= 15 is 0 Å². The van der Waals surface area contributed by atoms with E-state index in [1.807, 2.05) is 0 Å². The first-order valence-corrected chi connectivity index (χ1v) is 13.0. The van der Waals surface area contributed by atoms with Crippen molar-refractivity contribution in [2.45, 2.75) is 128 Å². The molecule has 2 heteroatoms. The molecule has 0 amide bonds. The van der Waals surface area contributed by atoms with Crippen molar-refractivity contribution in [3.05, 3.63) is 35.4 Å². The summed E-state index contributed by atoms with van der Waals surface area (Å²) in [5, 5.41) is 0. The van der Waals surface area contributed by atoms with Gasteiger partial charge in [-0.1, -0.05) is 83.1 Å². The van der Waals surface area contributed by atoms with E-state index in [4.69, 9.17) is 0 Å². The van der Waals surface area contributed by atoms with Gasteiger partial charge in [-0.15, -0.1) is 0 Å². The van der Waals surface area contributed by atoms with E-state index in [2.05, 4.69) is 38.1 Å². The lowest BCUT2D eigenvalue weighted by Crippen LogP contribution is -2.35. The minimum Gasteiger partial charge on any atom is -0.207 e. The third kappa shape index (κ3) is 6.54. The topological polar surface area (TPSA) is 0 Å². The van der Waals surface area contributed by atoms with Gasteiger partial charge in [0.2, 0.25) is 0 Å². The Morgan fingerprint density at radius 3 is 1.80 bits per heavy atom. The molecule has 0 bridgehead atoms. The molecular formula is C28H44F2. The molecule has 3 rings (SSSR count). The predicted molar refractivity (Wildman–Crippen MR) is 124 cm³/mol. The Morgan fingerprint density at radius 2 is 1.23 bits per heavy atom. The average Bonchev–Trinajstić information content (AvgIpc) is 2.75. The third-order valence-corrected chi connectivity index (χ3v) is 8.08. The van der Waals surface area contributed by atoms with Crippen molar-refractivity contribution < 1.29 is 8.78 Å². The number of rotatable bonds is 10. The van der Waals surface area contributed by atoms with Crippen LogP contribution in [0.1, 0.15) is 133 Å². The predicted octanol–water partition coefficient (Wildman–Crippen LogP) is 9.64. The smallest absolute Gasteiger partial charge is 0.207 e. The van der Waals surface area contributed by atoms with E-state index < -0.39 is 11.8 Å². The van der Waals surface area contributed by atoms with Crippen LogP contribution >= 0.6 is 0 Å². The zero-order valence-corrected chi connectivity index (χ0v) is 19.5. The van der Waals surface area contributed by atoms with Gasteiger partial charge in [0.15, 0.2) is 0 Å². The molecule has 1 aromatic carbocycles. The van der Waals surface area contributed by atoms with Crippen molar-refractivity contribution in [1.82, 2.24) is 0 Å². The Balaban J connectivity index is 1.49. The largest absolute Gasteiger partial charge is 0.251 e. The van der Waals surface area contributed by atoms with Crippen LogP contribution in [0.2, 0.25) is 0 Å². The van der Waals surface area contributed by atoms with Gasteiger partial charge in [0.25, 0.3) is 5.92 Å². The molecule has 0 spiro atoms. The Hall–Kier alpha value is -0.920. The number of alkyl halides is 2. The van der Waals surface area contributed by atoms with Crippen molar-refractivity contribution in [1.29, 1.82) is 0 Å². The lowest BCUT2D eigenvalue weighted by molar-refractivity contribution is -0.0949. The normalized spacial score (nSPS) is 29.1. The van der Waals surface area contributed by atoms with Crippen molar-refractivity contribution in [3.63, 3.8) is 0 Å². The molecule has 0 aromatic heterocycles. The van der Waals surface area contributed by atoms with Gasteiger partial charge in [-0.3, -0.25) is 0 Å². The monoisotopic (exact) mass is 418 g/mol. The first kappa shape index (κ1) is 23.7. The molecule has 2 aliphatic carbocycles. The summed E-state index contributed by atoms with van der Waals surface area (Å²) in [5.74, 6) is -1.25. The number of hydrogen-bond acceptors (Lipinski definition) is 0. The Kier molecular flexibility index (Phi) is 9.20. The van der Waals surface area contributed by atoms with E-state index in [1.165, 1.54) is 56.9 Å². The van der Waals surface area contributed by atoms with Crippen molar-refractivity contribution in [2.75, 3.05) is 0 Å². The fraction of sp³-hybridized carbons (Fsp3) is 0.786. The van der Waals surface area contributed by atoms with Gasteiger partial charge >= 0.3 is 0 Å². The second-order valence-corrected chi connectivity index (χ2v) is 10.3. The molecule has 2 saturated carbocycles. The number of hydrogen-bond donors (Lipinski definition) is 0. The molecule has 0 radical (unpaired) electrons. The minimum absolute atomic E-state index is 0.0331. The maximum Gasteiger partial charge on any atom is 0.251 e. The van der Waals surface area contributed by atoms with Crippen LogP contribution in [0.5, 0.6) is 0 Å². The summed E-state index contributed by atoms with van der Waals surface area (Å²) in [6.07, 6.45) is 16.3. The third-order valence-electron chi connectivity index (χ3n) is 8.08. The van der Waals surface area contributed by atoms with Gasteiger partial charge in [0.1, 0.15) is 0 Å². The highest BCUT2D eigenvalue weighted by Gasteiger charge is 2.44. The van der Waals surface area contributed by atoms with Crippen LogP contribution in [-0.4, -0.2) is 5.92 Å². The van der Waals surface area contributed by atoms with Gasteiger partial charge < -0.3 is 0 Å². The van der Waals surface area contributed by atoms with Crippen LogP contribution in [-0.2, 0) is 0 Å². The molecular weight excluding hydrogens is 374 g/mol. The highest BCUT2D eigenvalue weighted by molar-refractivity contribution is 5.28. The van der Waals surface area contributed by atoms with Crippen LogP contribution < -0.4 is 0 Å². The molecule has 30 heavy (non-hydrogen) atoms. The Labute approximate surface area is 184 Å². The van der Waals surface area contributed by atoms with E-state index in [1.54, 1.807) is 0 Å². The quantitative estimate of drug-likeness (QED) is 0.332. The van der Waals surface area contributed by atoms with Crippen LogP contribution in [0.25, 0.3) is 0 Å². The standard InChI is InChI=1S/C28H44F2/c1-3-5-7-9-22-11-13-23(14-12-22)24-15-17-25(18-16-24)26-19-20-27(10-8-6-4-2)28(29,30)21-26/h15-18,22-23,26-27H,3-14,19-21H2,1-2H3/t22-,23-,26-,27-/m1/s1. The molecule has 2 fully saturated rings. The second kappa shape index (κ2) is 11.6. The van der Waals surface area contributed by atoms with Gasteiger partial charge in [0, 0.05) is 12.3 Å². The lowest BCUT2D eigenvalue weighted by atomic mass is 9.73. The summed E-state index contributed by atoms with van der Waals surface area (Å²) in [6.45, 7) is 4.42. The Morgan fingerprint density at radius 1 is 0.700 bits per heavy atom. The summed E-state index contributed by atoms with van der Waals surface area (Å²) < 4.78 is 29.5. The molecule has 2 aliphatic rings. The molecule has 0 nitrogen and oxygen atoms in total. The summed E-state index contributed by atoms with van der Waals surface area (Å²) >= 11 is 0. The van der Waals surface area contributed by atoms with E-state index in [0.29, 0.717) is 18.8 Å². The number of halogens is 2. The molecule has 0 aliphatic heterocycles. The molecule has 170 valence electrons. The zero-order chi connectivity index (χ0) is 21.4. The maximum atomic E-state index is 14.7.